The van der Waals surface area contributed by atoms with E-state index >= 15 is 0 Å². The summed E-state index contributed by atoms with van der Waals surface area (Å²) >= 11 is 5.08. The van der Waals surface area contributed by atoms with Crippen LogP contribution in [0.25, 0.3) is 0 Å². The van der Waals surface area contributed by atoms with Gasteiger partial charge in [-0.25, -0.2) is 0 Å². The molecule has 1 heterocycles. The number of rotatable bonds is 3. The van der Waals surface area contributed by atoms with E-state index in [1.807, 2.05) is 0 Å². The average molecular weight is 188 g/mol. The quantitative estimate of drug-likeness (QED) is 0.637. The maximum absolute atomic E-state index is 5.21. The monoisotopic (exact) mass is 188 g/mol. The normalized spacial score (nSPS) is 22.2. The van der Waals surface area contributed by atoms with Crippen LogP contribution < -0.4 is 10.6 Å². The predicted molar refractivity (Wildman–Crippen MR) is 53.3 cm³/mol. The first kappa shape index (κ1) is 9.74. The number of hydrogen-bond acceptors (Lipinski definition) is 2. The van der Waals surface area contributed by atoms with E-state index in [1.165, 1.54) is 0 Å². The molecule has 4 heteroatoms. The Morgan fingerprint density at radius 3 is 3.08 bits per heavy atom. The largest absolute Gasteiger partial charge is 0.379 e. The van der Waals surface area contributed by atoms with Crippen LogP contribution in [0.1, 0.15) is 19.8 Å². The molecule has 1 aliphatic heterocycles. The van der Waals surface area contributed by atoms with Gasteiger partial charge in [-0.2, -0.15) is 0 Å². The van der Waals surface area contributed by atoms with E-state index in [1.54, 1.807) is 0 Å². The highest BCUT2D eigenvalue weighted by atomic mass is 32.1. The van der Waals surface area contributed by atoms with Crippen LogP contribution in [0.5, 0.6) is 0 Å². The standard InChI is InChI=1S/C8H16N2OS/c1-2-4-9-8(12)10-7-3-5-11-6-7/h7H,2-6H2,1H3,(H2,9,10,12). The van der Waals surface area contributed by atoms with Crippen molar-refractivity contribution in [1.82, 2.24) is 10.6 Å². The van der Waals surface area contributed by atoms with Gasteiger partial charge < -0.3 is 15.4 Å². The van der Waals surface area contributed by atoms with Gasteiger partial charge in [0.15, 0.2) is 5.11 Å². The molecule has 0 spiro atoms. The Morgan fingerprint density at radius 2 is 2.50 bits per heavy atom. The van der Waals surface area contributed by atoms with Crippen LogP contribution in [0.15, 0.2) is 0 Å². The topological polar surface area (TPSA) is 33.3 Å². The van der Waals surface area contributed by atoms with Crippen molar-refractivity contribution in [2.75, 3.05) is 19.8 Å². The molecule has 0 bridgehead atoms. The number of thiocarbonyl (C=S) groups is 1. The third-order valence-electron chi connectivity index (χ3n) is 1.80. The van der Waals surface area contributed by atoms with Gasteiger partial charge in [0.25, 0.3) is 0 Å². The van der Waals surface area contributed by atoms with Gasteiger partial charge in [-0.15, -0.1) is 0 Å². The molecule has 0 aromatic heterocycles. The molecule has 3 nitrogen and oxygen atoms in total. The second-order valence-electron chi connectivity index (χ2n) is 2.96. The molecule has 12 heavy (non-hydrogen) atoms. The Balaban J connectivity index is 2.08. The molecule has 0 amide bonds. The lowest BCUT2D eigenvalue weighted by Gasteiger charge is -2.13. The lowest BCUT2D eigenvalue weighted by atomic mass is 10.3. The molecule has 1 unspecified atom stereocenters. The fourth-order valence-electron chi connectivity index (χ4n) is 1.12. The van der Waals surface area contributed by atoms with Crippen LogP contribution in [-0.4, -0.2) is 30.9 Å². The maximum atomic E-state index is 5.21. The smallest absolute Gasteiger partial charge is 0.166 e. The molecule has 70 valence electrons. The summed E-state index contributed by atoms with van der Waals surface area (Å²) in [6.45, 7) is 4.70. The van der Waals surface area contributed by atoms with Crippen LogP contribution in [0.3, 0.4) is 0 Å². The second kappa shape index (κ2) is 5.32. The molecular formula is C8H16N2OS. The summed E-state index contributed by atoms with van der Waals surface area (Å²) in [6.07, 6.45) is 2.16. The zero-order chi connectivity index (χ0) is 8.81. The summed E-state index contributed by atoms with van der Waals surface area (Å²) in [5, 5.41) is 7.09. The summed E-state index contributed by atoms with van der Waals surface area (Å²) in [5.74, 6) is 0. The maximum Gasteiger partial charge on any atom is 0.166 e. The van der Waals surface area contributed by atoms with Crippen LogP contribution in [0.4, 0.5) is 0 Å². The van der Waals surface area contributed by atoms with Crippen LogP contribution in [0, 0.1) is 0 Å². The molecule has 1 fully saturated rings. The Labute approximate surface area is 78.9 Å². The minimum atomic E-state index is 0.418. The van der Waals surface area contributed by atoms with Gasteiger partial charge in [0.2, 0.25) is 0 Å². The molecular weight excluding hydrogens is 172 g/mol. The zero-order valence-corrected chi connectivity index (χ0v) is 8.25. The van der Waals surface area contributed by atoms with E-state index in [9.17, 15) is 0 Å². The van der Waals surface area contributed by atoms with Gasteiger partial charge >= 0.3 is 0 Å². The van der Waals surface area contributed by atoms with Gasteiger partial charge in [0.05, 0.1) is 12.6 Å². The van der Waals surface area contributed by atoms with Gasteiger partial charge in [0, 0.05) is 13.2 Å². The van der Waals surface area contributed by atoms with Crippen molar-refractivity contribution in [3.8, 4) is 0 Å². The van der Waals surface area contributed by atoms with Crippen molar-refractivity contribution in [3.63, 3.8) is 0 Å². The Morgan fingerprint density at radius 1 is 1.67 bits per heavy atom. The Hall–Kier alpha value is -0.350. The lowest BCUT2D eigenvalue weighted by molar-refractivity contribution is 0.192. The fourth-order valence-corrected chi connectivity index (χ4v) is 1.39. The molecule has 0 saturated carbocycles. The van der Waals surface area contributed by atoms with Crippen molar-refractivity contribution >= 4 is 17.3 Å². The zero-order valence-electron chi connectivity index (χ0n) is 7.43. The minimum Gasteiger partial charge on any atom is -0.379 e. The van der Waals surface area contributed by atoms with Crippen molar-refractivity contribution in [1.29, 1.82) is 0 Å². The fraction of sp³-hybridized carbons (Fsp3) is 0.875. The van der Waals surface area contributed by atoms with E-state index < -0.39 is 0 Å². The number of hydrogen-bond donors (Lipinski definition) is 2. The average Bonchev–Trinajstić information content (AvgIpc) is 2.53. The van der Waals surface area contributed by atoms with E-state index in [-0.39, 0.29) is 0 Å². The van der Waals surface area contributed by atoms with Crippen molar-refractivity contribution < 1.29 is 4.74 Å². The Kier molecular flexibility index (Phi) is 4.32. The van der Waals surface area contributed by atoms with Gasteiger partial charge in [0.1, 0.15) is 0 Å². The summed E-state index contributed by atoms with van der Waals surface area (Å²) in [4.78, 5) is 0. The van der Waals surface area contributed by atoms with E-state index in [0.717, 1.165) is 37.7 Å². The second-order valence-corrected chi connectivity index (χ2v) is 3.37. The van der Waals surface area contributed by atoms with Crippen LogP contribution >= 0.6 is 12.2 Å². The highest BCUT2D eigenvalue weighted by Gasteiger charge is 2.15. The lowest BCUT2D eigenvalue weighted by Crippen LogP contribution is -2.42. The number of nitrogens with one attached hydrogen (secondary N) is 2. The van der Waals surface area contributed by atoms with Gasteiger partial charge in [-0.05, 0) is 25.1 Å². The van der Waals surface area contributed by atoms with Gasteiger partial charge in [-0.3, -0.25) is 0 Å². The molecule has 2 N–H and O–H groups in total. The summed E-state index contributed by atoms with van der Waals surface area (Å²) in [6, 6.07) is 0.418. The molecule has 1 atom stereocenters. The van der Waals surface area contributed by atoms with Crippen LogP contribution in [0.2, 0.25) is 0 Å². The molecule has 1 rings (SSSR count). The molecule has 0 aromatic carbocycles. The van der Waals surface area contributed by atoms with E-state index in [2.05, 4.69) is 17.6 Å². The summed E-state index contributed by atoms with van der Waals surface area (Å²) in [7, 11) is 0. The first-order valence-corrected chi connectivity index (χ1v) is 4.86. The SMILES string of the molecule is CCCNC(=S)NC1CCOC1. The molecule has 0 aliphatic carbocycles. The van der Waals surface area contributed by atoms with E-state index in [4.69, 9.17) is 17.0 Å². The molecule has 1 aliphatic rings. The Bertz CT molecular complexity index is 146. The van der Waals surface area contributed by atoms with Gasteiger partial charge in [-0.1, -0.05) is 6.92 Å². The third-order valence-corrected chi connectivity index (χ3v) is 2.06. The van der Waals surface area contributed by atoms with Crippen molar-refractivity contribution in [2.45, 2.75) is 25.8 Å². The minimum absolute atomic E-state index is 0.418. The molecule has 0 aromatic rings. The van der Waals surface area contributed by atoms with E-state index in [0.29, 0.717) is 6.04 Å². The summed E-state index contributed by atoms with van der Waals surface area (Å²) < 4.78 is 5.21. The predicted octanol–water partition coefficient (Wildman–Crippen LogP) is 0.649. The first-order chi connectivity index (χ1) is 5.83. The molecule has 1 saturated heterocycles. The first-order valence-electron chi connectivity index (χ1n) is 4.45. The van der Waals surface area contributed by atoms with Crippen LogP contribution in [-0.2, 0) is 4.74 Å². The van der Waals surface area contributed by atoms with Crippen molar-refractivity contribution in [3.05, 3.63) is 0 Å². The third kappa shape index (κ3) is 3.36. The highest BCUT2D eigenvalue weighted by Crippen LogP contribution is 2.02. The van der Waals surface area contributed by atoms with Crippen molar-refractivity contribution in [2.24, 2.45) is 0 Å². The number of ether oxygens (including phenoxy) is 1. The highest BCUT2D eigenvalue weighted by molar-refractivity contribution is 7.80. The molecule has 0 radical (unpaired) electrons. The summed E-state index contributed by atoms with van der Waals surface area (Å²) in [5.41, 5.74) is 0.